The standard InChI is InChI=1S/C17H24O7S/c1-3-4-5-6-7-8-9-17(19)24-14-10-11-16(25(20,21)22)15(12-14)23-13(2)18/h10-12H,3-9H2,1-2H3,(H,20,21,22). The van der Waals surface area contributed by atoms with E-state index in [2.05, 4.69) is 6.92 Å². The third-order valence-electron chi connectivity index (χ3n) is 3.41. The molecule has 0 aromatic heterocycles. The Labute approximate surface area is 148 Å². The van der Waals surface area contributed by atoms with Crippen molar-refractivity contribution in [3.8, 4) is 11.5 Å². The van der Waals surface area contributed by atoms with Crippen molar-refractivity contribution >= 4 is 22.1 Å². The first-order valence-corrected chi connectivity index (χ1v) is 9.68. The number of hydrogen-bond acceptors (Lipinski definition) is 6. The van der Waals surface area contributed by atoms with Crippen molar-refractivity contribution in [3.63, 3.8) is 0 Å². The van der Waals surface area contributed by atoms with Gasteiger partial charge in [0.25, 0.3) is 10.1 Å². The Morgan fingerprint density at radius 2 is 1.68 bits per heavy atom. The molecule has 0 amide bonds. The van der Waals surface area contributed by atoms with E-state index in [0.29, 0.717) is 6.42 Å². The first kappa shape index (κ1) is 21.1. The van der Waals surface area contributed by atoms with Crippen LogP contribution in [0.1, 0.15) is 58.8 Å². The van der Waals surface area contributed by atoms with E-state index in [1.807, 2.05) is 0 Å². The second-order valence-corrected chi connectivity index (χ2v) is 7.06. The zero-order valence-corrected chi connectivity index (χ0v) is 15.3. The molecule has 25 heavy (non-hydrogen) atoms. The fourth-order valence-corrected chi connectivity index (χ4v) is 2.83. The Kier molecular flexibility index (Phi) is 8.57. The van der Waals surface area contributed by atoms with Crippen LogP contribution in [0.5, 0.6) is 11.5 Å². The van der Waals surface area contributed by atoms with Crippen molar-refractivity contribution < 1.29 is 32.0 Å². The fourth-order valence-electron chi connectivity index (χ4n) is 2.23. The van der Waals surface area contributed by atoms with Gasteiger partial charge in [0, 0.05) is 19.4 Å². The van der Waals surface area contributed by atoms with E-state index in [1.54, 1.807) is 0 Å². The molecule has 0 unspecified atom stereocenters. The van der Waals surface area contributed by atoms with Crippen LogP contribution < -0.4 is 9.47 Å². The fraction of sp³-hybridized carbons (Fsp3) is 0.529. The molecule has 0 atom stereocenters. The molecule has 0 saturated heterocycles. The molecule has 1 aromatic carbocycles. The molecule has 0 aliphatic heterocycles. The van der Waals surface area contributed by atoms with Gasteiger partial charge in [-0.05, 0) is 18.6 Å². The second-order valence-electron chi connectivity index (χ2n) is 5.67. The maximum Gasteiger partial charge on any atom is 0.311 e. The highest BCUT2D eigenvalue weighted by atomic mass is 32.2. The molecule has 140 valence electrons. The molecule has 1 aromatic rings. The zero-order valence-electron chi connectivity index (χ0n) is 14.5. The van der Waals surface area contributed by atoms with Gasteiger partial charge in [0.2, 0.25) is 0 Å². The summed E-state index contributed by atoms with van der Waals surface area (Å²) in [6.07, 6.45) is 6.46. The van der Waals surface area contributed by atoms with Gasteiger partial charge in [0.05, 0.1) is 0 Å². The van der Waals surface area contributed by atoms with Crippen molar-refractivity contribution in [1.82, 2.24) is 0 Å². The number of rotatable bonds is 10. The summed E-state index contributed by atoms with van der Waals surface area (Å²) < 4.78 is 41.6. The summed E-state index contributed by atoms with van der Waals surface area (Å²) in [5, 5.41) is 0. The summed E-state index contributed by atoms with van der Waals surface area (Å²) in [7, 11) is -4.57. The number of ether oxygens (including phenoxy) is 2. The molecule has 0 radical (unpaired) electrons. The van der Waals surface area contributed by atoms with Crippen LogP contribution in [0.4, 0.5) is 0 Å². The predicted molar refractivity (Wildman–Crippen MR) is 91.2 cm³/mol. The predicted octanol–water partition coefficient (Wildman–Crippen LogP) is 3.51. The van der Waals surface area contributed by atoms with Crippen LogP contribution in [0.2, 0.25) is 0 Å². The van der Waals surface area contributed by atoms with E-state index in [0.717, 1.165) is 44.7 Å². The summed E-state index contributed by atoms with van der Waals surface area (Å²) >= 11 is 0. The van der Waals surface area contributed by atoms with Crippen LogP contribution in [0, 0.1) is 0 Å². The van der Waals surface area contributed by atoms with Crippen molar-refractivity contribution in [2.45, 2.75) is 63.7 Å². The van der Waals surface area contributed by atoms with E-state index in [9.17, 15) is 18.0 Å². The average molecular weight is 372 g/mol. The first-order valence-electron chi connectivity index (χ1n) is 8.24. The van der Waals surface area contributed by atoms with E-state index in [4.69, 9.17) is 14.0 Å². The van der Waals surface area contributed by atoms with Gasteiger partial charge in [-0.15, -0.1) is 0 Å². The van der Waals surface area contributed by atoms with Gasteiger partial charge in [-0.2, -0.15) is 8.42 Å². The van der Waals surface area contributed by atoms with Crippen LogP contribution >= 0.6 is 0 Å². The Morgan fingerprint density at radius 3 is 2.28 bits per heavy atom. The number of benzene rings is 1. The van der Waals surface area contributed by atoms with E-state index in [1.165, 1.54) is 12.5 Å². The molecule has 0 aliphatic carbocycles. The molecule has 8 heteroatoms. The number of esters is 2. The van der Waals surface area contributed by atoms with Gasteiger partial charge in [-0.3, -0.25) is 14.1 Å². The van der Waals surface area contributed by atoms with Gasteiger partial charge < -0.3 is 9.47 Å². The maximum atomic E-state index is 11.8. The third kappa shape index (κ3) is 8.13. The van der Waals surface area contributed by atoms with E-state index < -0.39 is 27.0 Å². The highest BCUT2D eigenvalue weighted by Gasteiger charge is 2.19. The lowest BCUT2D eigenvalue weighted by Crippen LogP contribution is -2.10. The number of hydrogen-bond donors (Lipinski definition) is 1. The summed E-state index contributed by atoms with van der Waals surface area (Å²) in [6, 6.07) is 3.32. The maximum absolute atomic E-state index is 11.8. The minimum atomic E-state index is -4.57. The summed E-state index contributed by atoms with van der Waals surface area (Å²) in [4.78, 5) is 22.3. The Hall–Kier alpha value is -1.93. The Morgan fingerprint density at radius 1 is 1.04 bits per heavy atom. The zero-order chi connectivity index (χ0) is 18.9. The molecule has 0 bridgehead atoms. The minimum absolute atomic E-state index is 0.0413. The minimum Gasteiger partial charge on any atom is -0.426 e. The molecular formula is C17H24O7S. The van der Waals surface area contributed by atoms with Gasteiger partial charge in [-0.1, -0.05) is 39.0 Å². The third-order valence-corrected chi connectivity index (χ3v) is 4.31. The molecule has 1 N–H and O–H groups in total. The van der Waals surface area contributed by atoms with Crippen LogP contribution in [0.15, 0.2) is 23.1 Å². The first-order chi connectivity index (χ1) is 11.7. The monoisotopic (exact) mass is 372 g/mol. The lowest BCUT2D eigenvalue weighted by Gasteiger charge is -2.09. The van der Waals surface area contributed by atoms with Gasteiger partial charge in [0.1, 0.15) is 10.6 Å². The van der Waals surface area contributed by atoms with Crippen molar-refractivity contribution in [2.75, 3.05) is 0 Å². The normalized spacial score (nSPS) is 11.2. The van der Waals surface area contributed by atoms with Gasteiger partial charge in [-0.25, -0.2) is 0 Å². The molecule has 1 rings (SSSR count). The smallest absolute Gasteiger partial charge is 0.311 e. The van der Waals surface area contributed by atoms with Crippen molar-refractivity contribution in [2.24, 2.45) is 0 Å². The van der Waals surface area contributed by atoms with Crippen LogP contribution in [0.25, 0.3) is 0 Å². The SMILES string of the molecule is CCCCCCCCC(=O)Oc1ccc(S(=O)(=O)O)c(OC(C)=O)c1. The van der Waals surface area contributed by atoms with E-state index in [-0.39, 0.29) is 17.9 Å². The molecular weight excluding hydrogens is 348 g/mol. The Bertz CT molecular complexity index is 695. The number of carbonyl (C=O) groups excluding carboxylic acids is 2. The van der Waals surface area contributed by atoms with Gasteiger partial charge >= 0.3 is 11.9 Å². The van der Waals surface area contributed by atoms with E-state index >= 15 is 0 Å². The number of unbranched alkanes of at least 4 members (excludes halogenated alkanes) is 5. The molecule has 0 heterocycles. The molecule has 0 spiro atoms. The Balaban J connectivity index is 2.66. The number of carbonyl (C=O) groups is 2. The van der Waals surface area contributed by atoms with Crippen LogP contribution in [-0.2, 0) is 19.7 Å². The van der Waals surface area contributed by atoms with Crippen LogP contribution in [-0.4, -0.2) is 24.9 Å². The second kappa shape index (κ2) is 10.1. The molecule has 0 fully saturated rings. The van der Waals surface area contributed by atoms with Crippen molar-refractivity contribution in [1.29, 1.82) is 0 Å². The average Bonchev–Trinajstić information content (AvgIpc) is 2.49. The molecule has 0 saturated carbocycles. The topological polar surface area (TPSA) is 107 Å². The highest BCUT2D eigenvalue weighted by Crippen LogP contribution is 2.29. The summed E-state index contributed by atoms with van der Waals surface area (Å²) in [5.41, 5.74) is 0. The lowest BCUT2D eigenvalue weighted by atomic mass is 10.1. The molecule has 0 aliphatic rings. The summed E-state index contributed by atoms with van der Waals surface area (Å²) in [6.45, 7) is 3.22. The highest BCUT2D eigenvalue weighted by molar-refractivity contribution is 7.86. The lowest BCUT2D eigenvalue weighted by molar-refractivity contribution is -0.134. The summed E-state index contributed by atoms with van der Waals surface area (Å²) in [5.74, 6) is -1.57. The van der Waals surface area contributed by atoms with Gasteiger partial charge in [0.15, 0.2) is 5.75 Å². The largest absolute Gasteiger partial charge is 0.426 e. The van der Waals surface area contributed by atoms with Crippen molar-refractivity contribution in [3.05, 3.63) is 18.2 Å². The van der Waals surface area contributed by atoms with Crippen LogP contribution in [0.3, 0.4) is 0 Å². The molecule has 7 nitrogen and oxygen atoms in total. The quantitative estimate of drug-likeness (QED) is 0.290.